The highest BCUT2D eigenvalue weighted by atomic mass is 35.5. The fourth-order valence-electron chi connectivity index (χ4n) is 3.51. The maximum absolute atomic E-state index is 14.5. The summed E-state index contributed by atoms with van der Waals surface area (Å²) in [6.45, 7) is 0. The van der Waals surface area contributed by atoms with Crippen LogP contribution in [-0.2, 0) is 0 Å². The molecule has 4 rings (SSSR count). The molecule has 2 heterocycles. The SMILES string of the molecule is Fc1cc(F)c(-c2c(NC3CCCCC3)nc3nccnc3c2Cl)c(F)c1. The summed E-state index contributed by atoms with van der Waals surface area (Å²) in [5.74, 6) is -2.87. The van der Waals surface area contributed by atoms with E-state index >= 15 is 0 Å². The Balaban J connectivity index is 1.94. The largest absolute Gasteiger partial charge is 0.367 e. The lowest BCUT2D eigenvalue weighted by Crippen LogP contribution is -2.23. The Morgan fingerprint density at radius 2 is 1.59 bits per heavy atom. The number of aromatic nitrogens is 3. The molecule has 0 atom stereocenters. The van der Waals surface area contributed by atoms with Gasteiger partial charge in [-0.2, -0.15) is 0 Å². The lowest BCUT2D eigenvalue weighted by Gasteiger charge is -2.25. The molecule has 0 bridgehead atoms. The predicted molar refractivity (Wildman–Crippen MR) is 98.1 cm³/mol. The molecule has 0 spiro atoms. The first-order chi connectivity index (χ1) is 13.0. The van der Waals surface area contributed by atoms with Crippen LogP contribution in [0.3, 0.4) is 0 Å². The fraction of sp³-hybridized carbons (Fsp3) is 0.316. The highest BCUT2D eigenvalue weighted by Gasteiger charge is 2.25. The van der Waals surface area contributed by atoms with E-state index in [0.717, 1.165) is 32.1 Å². The minimum Gasteiger partial charge on any atom is -0.367 e. The summed E-state index contributed by atoms with van der Waals surface area (Å²) in [6.07, 6.45) is 8.02. The van der Waals surface area contributed by atoms with Gasteiger partial charge in [0, 0.05) is 30.6 Å². The first-order valence-electron chi connectivity index (χ1n) is 8.76. The summed E-state index contributed by atoms with van der Waals surface area (Å²) < 4.78 is 42.4. The number of benzene rings is 1. The Morgan fingerprint density at radius 3 is 2.30 bits per heavy atom. The van der Waals surface area contributed by atoms with Crippen molar-refractivity contribution in [1.82, 2.24) is 15.0 Å². The standard InChI is InChI=1S/C19H16ClF3N4/c20-16-15(14-12(22)8-10(21)9-13(14)23)18(26-11-4-2-1-3-5-11)27-19-17(16)24-6-7-25-19/h6-9,11H,1-5H2,(H,25,26,27). The van der Waals surface area contributed by atoms with Crippen LogP contribution in [0.15, 0.2) is 24.5 Å². The Labute approximate surface area is 158 Å². The van der Waals surface area contributed by atoms with Crippen LogP contribution in [0.2, 0.25) is 5.02 Å². The molecule has 0 radical (unpaired) electrons. The molecule has 1 N–H and O–H groups in total. The molecule has 140 valence electrons. The third-order valence-electron chi connectivity index (χ3n) is 4.76. The van der Waals surface area contributed by atoms with E-state index in [1.807, 2.05) is 0 Å². The molecule has 0 saturated heterocycles. The first-order valence-corrected chi connectivity index (χ1v) is 9.14. The topological polar surface area (TPSA) is 50.7 Å². The van der Waals surface area contributed by atoms with Crippen molar-refractivity contribution in [1.29, 1.82) is 0 Å². The summed E-state index contributed by atoms with van der Waals surface area (Å²) in [5, 5.41) is 3.28. The van der Waals surface area contributed by atoms with E-state index in [0.29, 0.717) is 12.1 Å². The second-order valence-corrected chi connectivity index (χ2v) is 6.98. The zero-order chi connectivity index (χ0) is 19.0. The van der Waals surface area contributed by atoms with Gasteiger partial charge in [-0.1, -0.05) is 30.9 Å². The summed E-state index contributed by atoms with van der Waals surface area (Å²) in [7, 11) is 0. The average Bonchev–Trinajstić information content (AvgIpc) is 2.64. The summed E-state index contributed by atoms with van der Waals surface area (Å²) in [6, 6.07) is 1.36. The van der Waals surface area contributed by atoms with Crippen molar-refractivity contribution >= 4 is 28.6 Å². The second-order valence-electron chi connectivity index (χ2n) is 6.60. The monoisotopic (exact) mass is 392 g/mol. The summed E-state index contributed by atoms with van der Waals surface area (Å²) >= 11 is 6.47. The van der Waals surface area contributed by atoms with Gasteiger partial charge >= 0.3 is 0 Å². The number of nitrogens with zero attached hydrogens (tertiary/aromatic N) is 3. The van der Waals surface area contributed by atoms with Crippen molar-refractivity contribution in [2.24, 2.45) is 0 Å². The molecule has 3 aromatic rings. The first kappa shape index (κ1) is 18.0. The van der Waals surface area contributed by atoms with Crippen molar-refractivity contribution in [2.45, 2.75) is 38.1 Å². The van der Waals surface area contributed by atoms with Crippen molar-refractivity contribution in [3.8, 4) is 11.1 Å². The molecule has 1 aliphatic rings. The van der Waals surface area contributed by atoms with E-state index in [9.17, 15) is 13.2 Å². The number of halogens is 4. The molecule has 27 heavy (non-hydrogen) atoms. The van der Waals surface area contributed by atoms with E-state index in [-0.39, 0.29) is 33.6 Å². The van der Waals surface area contributed by atoms with E-state index < -0.39 is 23.0 Å². The molecule has 4 nitrogen and oxygen atoms in total. The minimum atomic E-state index is -1.05. The molecule has 1 fully saturated rings. The van der Waals surface area contributed by atoms with Crippen molar-refractivity contribution < 1.29 is 13.2 Å². The van der Waals surface area contributed by atoms with Gasteiger partial charge in [0.15, 0.2) is 5.65 Å². The van der Waals surface area contributed by atoms with Gasteiger partial charge < -0.3 is 5.32 Å². The van der Waals surface area contributed by atoms with E-state index in [4.69, 9.17) is 11.6 Å². The predicted octanol–water partition coefficient (Wildman–Crippen LogP) is 5.51. The number of rotatable bonds is 3. The van der Waals surface area contributed by atoms with E-state index in [2.05, 4.69) is 20.3 Å². The van der Waals surface area contributed by atoms with Gasteiger partial charge in [0.2, 0.25) is 0 Å². The lowest BCUT2D eigenvalue weighted by molar-refractivity contribution is 0.462. The van der Waals surface area contributed by atoms with Crippen LogP contribution in [0, 0.1) is 17.5 Å². The smallest absolute Gasteiger partial charge is 0.181 e. The van der Waals surface area contributed by atoms with Crippen LogP contribution >= 0.6 is 11.6 Å². The van der Waals surface area contributed by atoms with Gasteiger partial charge in [0.1, 0.15) is 28.8 Å². The van der Waals surface area contributed by atoms with Gasteiger partial charge in [-0.25, -0.2) is 28.1 Å². The third-order valence-corrected chi connectivity index (χ3v) is 5.13. The van der Waals surface area contributed by atoms with Crippen LogP contribution in [-0.4, -0.2) is 21.0 Å². The highest BCUT2D eigenvalue weighted by Crippen LogP contribution is 2.41. The van der Waals surface area contributed by atoms with Crippen molar-refractivity contribution in [3.05, 3.63) is 47.0 Å². The van der Waals surface area contributed by atoms with Crippen molar-refractivity contribution in [3.63, 3.8) is 0 Å². The maximum atomic E-state index is 14.5. The lowest BCUT2D eigenvalue weighted by atomic mass is 9.95. The Bertz CT molecular complexity index is 983. The third kappa shape index (κ3) is 3.43. The Kier molecular flexibility index (Phi) is 4.86. The van der Waals surface area contributed by atoms with Gasteiger partial charge in [-0.3, -0.25) is 0 Å². The molecular weight excluding hydrogens is 377 g/mol. The number of fused-ring (bicyclic) bond motifs is 1. The number of anilines is 1. The molecule has 0 aliphatic heterocycles. The zero-order valence-corrected chi connectivity index (χ0v) is 15.0. The van der Waals surface area contributed by atoms with E-state index in [1.165, 1.54) is 12.4 Å². The van der Waals surface area contributed by atoms with Crippen molar-refractivity contribution in [2.75, 3.05) is 5.32 Å². The van der Waals surface area contributed by atoms with E-state index in [1.54, 1.807) is 0 Å². The van der Waals surface area contributed by atoms with Gasteiger partial charge in [-0.05, 0) is 12.8 Å². The summed E-state index contributed by atoms with van der Waals surface area (Å²) in [5.41, 5.74) is 0.101. The van der Waals surface area contributed by atoms with Crippen LogP contribution in [0.25, 0.3) is 22.3 Å². The molecule has 0 unspecified atom stereocenters. The molecule has 2 aromatic heterocycles. The number of hydrogen-bond acceptors (Lipinski definition) is 4. The summed E-state index contributed by atoms with van der Waals surface area (Å²) in [4.78, 5) is 12.7. The fourth-order valence-corrected chi connectivity index (χ4v) is 3.82. The molecule has 0 amide bonds. The quantitative estimate of drug-likeness (QED) is 0.638. The second kappa shape index (κ2) is 7.31. The Morgan fingerprint density at radius 1 is 0.926 bits per heavy atom. The van der Waals surface area contributed by atoms with Crippen LogP contribution in [0.5, 0.6) is 0 Å². The normalized spacial score (nSPS) is 15.3. The highest BCUT2D eigenvalue weighted by molar-refractivity contribution is 6.38. The van der Waals surface area contributed by atoms with Crippen LogP contribution in [0.4, 0.5) is 19.0 Å². The number of hydrogen-bond donors (Lipinski definition) is 1. The minimum absolute atomic E-state index is 0.0239. The van der Waals surface area contributed by atoms with Gasteiger partial charge in [0.25, 0.3) is 0 Å². The maximum Gasteiger partial charge on any atom is 0.181 e. The molecule has 8 heteroatoms. The zero-order valence-electron chi connectivity index (χ0n) is 14.3. The average molecular weight is 393 g/mol. The number of nitrogens with one attached hydrogen (secondary N) is 1. The van der Waals surface area contributed by atoms with Gasteiger partial charge in [0.05, 0.1) is 16.1 Å². The molecule has 1 aliphatic carbocycles. The molecular formula is C19H16ClF3N4. The van der Waals surface area contributed by atoms with Crippen LogP contribution in [0.1, 0.15) is 32.1 Å². The van der Waals surface area contributed by atoms with Gasteiger partial charge in [-0.15, -0.1) is 0 Å². The Hall–Kier alpha value is -2.41. The number of pyridine rings is 1. The van der Waals surface area contributed by atoms with Crippen LogP contribution < -0.4 is 5.32 Å². The molecule has 1 aromatic carbocycles. The molecule has 1 saturated carbocycles.